The highest BCUT2D eigenvalue weighted by atomic mass is 32.1. The van der Waals surface area contributed by atoms with Gasteiger partial charge in [-0.15, -0.1) is 11.3 Å². The molecule has 106 valence electrons. The van der Waals surface area contributed by atoms with Crippen LogP contribution in [0, 0.1) is 5.82 Å². The highest BCUT2D eigenvalue weighted by Gasteiger charge is 2.19. The second-order valence-electron chi connectivity index (χ2n) is 4.24. The van der Waals surface area contributed by atoms with Gasteiger partial charge in [-0.1, -0.05) is 6.07 Å². The van der Waals surface area contributed by atoms with E-state index in [-0.39, 0.29) is 11.5 Å². The fourth-order valence-corrected chi connectivity index (χ4v) is 2.65. The van der Waals surface area contributed by atoms with Gasteiger partial charge in [-0.2, -0.15) is 0 Å². The average Bonchev–Trinajstić information content (AvgIpc) is 2.97. The maximum absolute atomic E-state index is 13.4. The first-order valence-electron chi connectivity index (χ1n) is 6.31. The molecule has 0 aliphatic carbocycles. The van der Waals surface area contributed by atoms with Crippen LogP contribution in [0.1, 0.15) is 22.2 Å². The van der Waals surface area contributed by atoms with E-state index in [1.165, 1.54) is 25.3 Å². The third kappa shape index (κ3) is 3.17. The van der Waals surface area contributed by atoms with Gasteiger partial charge in [0.1, 0.15) is 11.6 Å². The van der Waals surface area contributed by atoms with Crippen LogP contribution in [-0.4, -0.2) is 24.5 Å². The van der Waals surface area contributed by atoms with Gasteiger partial charge in [0.05, 0.1) is 19.2 Å². The third-order valence-corrected chi connectivity index (χ3v) is 3.85. The smallest absolute Gasteiger partial charge is 0.258 e. The van der Waals surface area contributed by atoms with E-state index in [0.29, 0.717) is 18.8 Å². The molecule has 20 heavy (non-hydrogen) atoms. The minimum atomic E-state index is -0.443. The molecular weight excluding hydrogens is 277 g/mol. The van der Waals surface area contributed by atoms with E-state index in [1.54, 1.807) is 16.2 Å². The molecule has 0 atom stereocenters. The molecule has 0 saturated heterocycles. The summed E-state index contributed by atoms with van der Waals surface area (Å²) in [5.74, 6) is -0.278. The number of benzene rings is 1. The van der Waals surface area contributed by atoms with Crippen LogP contribution in [0.5, 0.6) is 5.75 Å². The number of hydrogen-bond donors (Lipinski definition) is 0. The Labute approximate surface area is 121 Å². The van der Waals surface area contributed by atoms with Crippen molar-refractivity contribution >= 4 is 17.2 Å². The topological polar surface area (TPSA) is 29.5 Å². The largest absolute Gasteiger partial charge is 0.496 e. The number of rotatable bonds is 5. The summed E-state index contributed by atoms with van der Waals surface area (Å²) in [5.41, 5.74) is 0.255. The first-order chi connectivity index (χ1) is 9.65. The fraction of sp³-hybridized carbons (Fsp3) is 0.267. The Morgan fingerprint density at radius 1 is 1.40 bits per heavy atom. The molecule has 0 radical (unpaired) electrons. The lowest BCUT2D eigenvalue weighted by molar-refractivity contribution is 0.0750. The third-order valence-electron chi connectivity index (χ3n) is 2.99. The average molecular weight is 293 g/mol. The minimum absolute atomic E-state index is 0.225. The van der Waals surface area contributed by atoms with Crippen molar-refractivity contribution < 1.29 is 13.9 Å². The first-order valence-corrected chi connectivity index (χ1v) is 7.19. The molecule has 0 N–H and O–H groups in total. The van der Waals surface area contributed by atoms with Crippen LogP contribution in [0.25, 0.3) is 0 Å². The number of thiophene rings is 1. The Bertz CT molecular complexity index is 584. The van der Waals surface area contributed by atoms with Gasteiger partial charge in [0.15, 0.2) is 0 Å². The van der Waals surface area contributed by atoms with Crippen molar-refractivity contribution in [1.29, 1.82) is 0 Å². The maximum Gasteiger partial charge on any atom is 0.258 e. The molecule has 2 aromatic rings. The number of halogens is 1. The van der Waals surface area contributed by atoms with Crippen LogP contribution < -0.4 is 4.74 Å². The van der Waals surface area contributed by atoms with Crippen LogP contribution in [0.2, 0.25) is 0 Å². The van der Waals surface area contributed by atoms with E-state index >= 15 is 0 Å². The molecule has 3 nitrogen and oxygen atoms in total. The van der Waals surface area contributed by atoms with Crippen LogP contribution >= 0.6 is 11.3 Å². The summed E-state index contributed by atoms with van der Waals surface area (Å²) < 4.78 is 18.5. The molecule has 0 bridgehead atoms. The summed E-state index contributed by atoms with van der Waals surface area (Å²) >= 11 is 1.59. The second-order valence-corrected chi connectivity index (χ2v) is 5.28. The molecule has 1 heterocycles. The number of hydrogen-bond acceptors (Lipinski definition) is 3. The van der Waals surface area contributed by atoms with Gasteiger partial charge >= 0.3 is 0 Å². The molecule has 1 aromatic carbocycles. The van der Waals surface area contributed by atoms with Gasteiger partial charge in [0.25, 0.3) is 5.91 Å². The molecule has 0 aliphatic rings. The fourth-order valence-electron chi connectivity index (χ4n) is 1.94. The van der Waals surface area contributed by atoms with Crippen LogP contribution in [0.4, 0.5) is 4.39 Å². The first kappa shape index (κ1) is 14.5. The van der Waals surface area contributed by atoms with Crippen LogP contribution in [0.15, 0.2) is 35.7 Å². The van der Waals surface area contributed by atoms with Crippen molar-refractivity contribution in [2.45, 2.75) is 13.5 Å². The lowest BCUT2D eigenvalue weighted by atomic mass is 10.1. The van der Waals surface area contributed by atoms with E-state index in [2.05, 4.69) is 0 Å². The number of nitrogens with zero attached hydrogens (tertiary/aromatic N) is 1. The quantitative estimate of drug-likeness (QED) is 0.843. The number of carbonyl (C=O) groups excluding carboxylic acids is 1. The predicted octanol–water partition coefficient (Wildman–Crippen LogP) is 3.56. The molecule has 0 spiro atoms. The van der Waals surface area contributed by atoms with Gasteiger partial charge in [-0.05, 0) is 36.6 Å². The lowest BCUT2D eigenvalue weighted by Gasteiger charge is -2.21. The molecular formula is C15H16FNO2S. The molecule has 0 unspecified atom stereocenters. The monoisotopic (exact) mass is 293 g/mol. The van der Waals surface area contributed by atoms with Gasteiger partial charge < -0.3 is 9.64 Å². The number of amides is 1. The zero-order valence-electron chi connectivity index (χ0n) is 11.4. The van der Waals surface area contributed by atoms with Gasteiger partial charge in [-0.3, -0.25) is 4.79 Å². The van der Waals surface area contributed by atoms with Gasteiger partial charge in [0, 0.05) is 11.4 Å². The van der Waals surface area contributed by atoms with Crippen LogP contribution in [0.3, 0.4) is 0 Å². The Hall–Kier alpha value is -1.88. The summed E-state index contributed by atoms with van der Waals surface area (Å²) in [7, 11) is 1.47. The van der Waals surface area contributed by atoms with Crippen LogP contribution in [-0.2, 0) is 6.54 Å². The number of methoxy groups -OCH3 is 1. The summed E-state index contributed by atoms with van der Waals surface area (Å²) in [4.78, 5) is 15.3. The standard InChI is InChI=1S/C15H16FNO2S/c1-3-17(10-12-5-4-8-20-12)15(18)13-9-11(16)6-7-14(13)19-2/h4-9H,3,10H2,1-2H3. The minimum Gasteiger partial charge on any atom is -0.496 e. The zero-order chi connectivity index (χ0) is 14.5. The Kier molecular flexibility index (Phi) is 4.74. The SMILES string of the molecule is CCN(Cc1cccs1)C(=O)c1cc(F)ccc1OC. The lowest BCUT2D eigenvalue weighted by Crippen LogP contribution is -2.30. The molecule has 0 saturated carbocycles. The van der Waals surface area contributed by atoms with E-state index in [4.69, 9.17) is 4.74 Å². The van der Waals surface area contributed by atoms with Gasteiger partial charge in [-0.25, -0.2) is 4.39 Å². The highest BCUT2D eigenvalue weighted by molar-refractivity contribution is 7.09. The van der Waals surface area contributed by atoms with E-state index in [0.717, 1.165) is 4.88 Å². The van der Waals surface area contributed by atoms with E-state index in [9.17, 15) is 9.18 Å². The van der Waals surface area contributed by atoms with Gasteiger partial charge in [0.2, 0.25) is 0 Å². The van der Waals surface area contributed by atoms with E-state index < -0.39 is 5.82 Å². The van der Waals surface area contributed by atoms with Crippen molar-refractivity contribution in [2.24, 2.45) is 0 Å². The summed E-state index contributed by atoms with van der Waals surface area (Å²) in [6.45, 7) is 2.97. The Balaban J connectivity index is 2.26. The zero-order valence-corrected chi connectivity index (χ0v) is 12.2. The molecule has 5 heteroatoms. The molecule has 0 aliphatic heterocycles. The van der Waals surface area contributed by atoms with Crippen molar-refractivity contribution in [2.75, 3.05) is 13.7 Å². The Morgan fingerprint density at radius 2 is 2.20 bits per heavy atom. The summed E-state index contributed by atoms with van der Waals surface area (Å²) in [6.07, 6.45) is 0. The molecule has 0 fully saturated rings. The second kappa shape index (κ2) is 6.52. The summed E-state index contributed by atoms with van der Waals surface area (Å²) in [6, 6.07) is 7.90. The number of ether oxygens (including phenoxy) is 1. The highest BCUT2D eigenvalue weighted by Crippen LogP contribution is 2.22. The Morgan fingerprint density at radius 3 is 2.80 bits per heavy atom. The summed E-state index contributed by atoms with van der Waals surface area (Å²) in [5, 5.41) is 1.97. The predicted molar refractivity (Wildman–Crippen MR) is 77.7 cm³/mol. The van der Waals surface area contributed by atoms with Crippen molar-refractivity contribution in [1.82, 2.24) is 4.90 Å². The molecule has 2 rings (SSSR count). The maximum atomic E-state index is 13.4. The van der Waals surface area contributed by atoms with Crippen molar-refractivity contribution in [3.63, 3.8) is 0 Å². The normalized spacial score (nSPS) is 10.3. The van der Waals surface area contributed by atoms with E-state index in [1.807, 2.05) is 24.4 Å². The number of carbonyl (C=O) groups is 1. The van der Waals surface area contributed by atoms with Crippen molar-refractivity contribution in [3.05, 3.63) is 52.0 Å². The molecule has 1 aromatic heterocycles. The molecule has 1 amide bonds. The van der Waals surface area contributed by atoms with Crippen molar-refractivity contribution in [3.8, 4) is 5.75 Å².